The lowest BCUT2D eigenvalue weighted by molar-refractivity contribution is 0.841. The largest absolute Gasteiger partial charge is 0.298 e. The second-order valence-electron chi connectivity index (χ2n) is 2.63. The van der Waals surface area contributed by atoms with E-state index in [9.17, 15) is 0 Å². The molecule has 0 radical (unpaired) electrons. The van der Waals surface area contributed by atoms with Crippen LogP contribution in [0.2, 0.25) is 0 Å². The van der Waals surface area contributed by atoms with Crippen LogP contribution in [0.25, 0.3) is 0 Å². The lowest BCUT2D eigenvalue weighted by Crippen LogP contribution is -2.28. The molecule has 0 saturated heterocycles. The highest BCUT2D eigenvalue weighted by atomic mass is 32.1. The van der Waals surface area contributed by atoms with Crippen molar-refractivity contribution < 1.29 is 0 Å². The number of fused-ring (bicyclic) bond motifs is 1. The monoisotopic (exact) mass is 166 g/mol. The molecule has 2 rings (SSSR count). The predicted octanol–water partition coefficient (Wildman–Crippen LogP) is 1.40. The van der Waals surface area contributed by atoms with E-state index in [1.54, 1.807) is 0 Å². The van der Waals surface area contributed by atoms with Gasteiger partial charge in [-0.15, -0.1) is 0 Å². The highest BCUT2D eigenvalue weighted by Crippen LogP contribution is 2.25. The second kappa shape index (κ2) is 2.75. The average molecular weight is 166 g/mol. The first kappa shape index (κ1) is 7.00. The Hall–Kier alpha value is -0.670. The fraction of sp³-hybridized carbons (Fsp3) is 0.250. The Balaban J connectivity index is 2.39. The Morgan fingerprint density at radius 2 is 2.18 bits per heavy atom. The zero-order chi connectivity index (χ0) is 7.68. The van der Waals surface area contributed by atoms with E-state index in [4.69, 9.17) is 0 Å². The molecule has 2 nitrogen and oxygen atoms in total. The van der Waals surface area contributed by atoms with Gasteiger partial charge in [0.25, 0.3) is 0 Å². The Morgan fingerprint density at radius 3 is 3.00 bits per heavy atom. The fourth-order valence-corrected chi connectivity index (χ4v) is 1.65. The molecule has 1 aliphatic heterocycles. The van der Waals surface area contributed by atoms with Crippen molar-refractivity contribution in [3.8, 4) is 0 Å². The second-order valence-corrected chi connectivity index (χ2v) is 2.83. The molecule has 0 bridgehead atoms. The van der Waals surface area contributed by atoms with Crippen molar-refractivity contribution >= 4 is 18.5 Å². The van der Waals surface area contributed by atoms with Gasteiger partial charge < -0.3 is 0 Å². The molecule has 0 amide bonds. The molecule has 0 aliphatic carbocycles. The Labute approximate surface area is 71.7 Å². The molecule has 0 saturated carbocycles. The van der Waals surface area contributed by atoms with E-state index in [0.29, 0.717) is 0 Å². The van der Waals surface area contributed by atoms with Gasteiger partial charge in [0.15, 0.2) is 0 Å². The highest BCUT2D eigenvalue weighted by molar-refractivity contribution is 7.78. The van der Waals surface area contributed by atoms with E-state index in [2.05, 4.69) is 35.8 Å². The summed E-state index contributed by atoms with van der Waals surface area (Å²) in [4.78, 5) is 2.85. The van der Waals surface area contributed by atoms with Crippen LogP contribution in [0, 0.1) is 0 Å². The molecule has 1 N–H and O–H groups in total. The van der Waals surface area contributed by atoms with Gasteiger partial charge in [0.05, 0.1) is 5.69 Å². The molecule has 0 unspecified atom stereocenters. The minimum absolute atomic E-state index is 1.02. The quantitative estimate of drug-likeness (QED) is 0.613. The van der Waals surface area contributed by atoms with Crippen LogP contribution in [0.3, 0.4) is 0 Å². The van der Waals surface area contributed by atoms with E-state index in [-0.39, 0.29) is 0 Å². The van der Waals surface area contributed by atoms with Gasteiger partial charge in [0, 0.05) is 6.54 Å². The molecule has 1 aromatic rings. The lowest BCUT2D eigenvalue weighted by Gasteiger charge is -2.15. The number of nitrogens with zero attached hydrogens (tertiary/aromatic N) is 1. The summed E-state index contributed by atoms with van der Waals surface area (Å²) in [7, 11) is 0. The number of nitrogens with one attached hydrogen (secondary N) is 1. The molecule has 0 aromatic heterocycles. The van der Waals surface area contributed by atoms with Gasteiger partial charge in [-0.25, -0.2) is 0 Å². The number of hydrogen-bond donors (Lipinski definition) is 2. The maximum atomic E-state index is 4.02. The van der Waals surface area contributed by atoms with Crippen molar-refractivity contribution in [3.05, 3.63) is 29.8 Å². The van der Waals surface area contributed by atoms with Crippen molar-refractivity contribution in [2.24, 2.45) is 0 Å². The number of anilines is 1. The molecule has 0 spiro atoms. The maximum Gasteiger partial charge on any atom is 0.0561 e. The van der Waals surface area contributed by atoms with Crippen molar-refractivity contribution in [1.82, 2.24) is 4.83 Å². The number of rotatable bonds is 1. The fourth-order valence-electron chi connectivity index (χ4n) is 1.44. The van der Waals surface area contributed by atoms with Crippen molar-refractivity contribution in [1.29, 1.82) is 0 Å². The third kappa shape index (κ3) is 1.10. The van der Waals surface area contributed by atoms with Crippen LogP contribution in [0.4, 0.5) is 5.69 Å². The van der Waals surface area contributed by atoms with Gasteiger partial charge in [-0.05, 0) is 18.1 Å². The molecule has 3 heteroatoms. The number of hydrazine groups is 1. The van der Waals surface area contributed by atoms with Crippen LogP contribution in [-0.2, 0) is 6.42 Å². The van der Waals surface area contributed by atoms with E-state index in [1.165, 1.54) is 11.3 Å². The van der Waals surface area contributed by atoms with Gasteiger partial charge in [-0.2, -0.15) is 4.83 Å². The summed E-state index contributed by atoms with van der Waals surface area (Å²) in [5.74, 6) is 0. The lowest BCUT2D eigenvalue weighted by atomic mass is 10.2. The summed E-state index contributed by atoms with van der Waals surface area (Å²) in [6.07, 6.45) is 1.11. The SMILES string of the molecule is SNN1CCc2ccccc21. The third-order valence-corrected chi connectivity index (χ3v) is 2.25. The summed E-state index contributed by atoms with van der Waals surface area (Å²) in [5.41, 5.74) is 2.65. The zero-order valence-electron chi connectivity index (χ0n) is 6.12. The van der Waals surface area contributed by atoms with Crippen LogP contribution in [0.5, 0.6) is 0 Å². The molecule has 11 heavy (non-hydrogen) atoms. The first-order valence-corrected chi connectivity index (χ1v) is 4.12. The summed E-state index contributed by atoms with van der Waals surface area (Å²) in [6, 6.07) is 8.37. The van der Waals surface area contributed by atoms with Crippen LogP contribution < -0.4 is 9.84 Å². The predicted molar refractivity (Wildman–Crippen MR) is 49.6 cm³/mol. The van der Waals surface area contributed by atoms with E-state index < -0.39 is 0 Å². The third-order valence-electron chi connectivity index (χ3n) is 2.01. The number of hydrogen-bond acceptors (Lipinski definition) is 3. The van der Waals surface area contributed by atoms with Crippen molar-refractivity contribution in [2.75, 3.05) is 11.6 Å². The standard InChI is InChI=1S/C8H10N2S/c11-9-10-6-5-7-3-1-2-4-8(7)10/h1-4,9,11H,5-6H2. The zero-order valence-corrected chi connectivity index (χ0v) is 7.01. The first-order chi connectivity index (χ1) is 5.42. The van der Waals surface area contributed by atoms with E-state index in [1.807, 2.05) is 11.1 Å². The normalized spacial score (nSPS) is 15.2. The summed E-state index contributed by atoms with van der Waals surface area (Å²) in [6.45, 7) is 1.02. The molecule has 1 aromatic carbocycles. The summed E-state index contributed by atoms with van der Waals surface area (Å²) in [5, 5.41) is 2.04. The average Bonchev–Trinajstić information content (AvgIpc) is 2.47. The number of benzene rings is 1. The Bertz CT molecular complexity index is 262. The van der Waals surface area contributed by atoms with Crippen molar-refractivity contribution in [2.45, 2.75) is 6.42 Å². The van der Waals surface area contributed by atoms with Crippen LogP contribution in [-0.4, -0.2) is 6.54 Å². The minimum atomic E-state index is 1.02. The van der Waals surface area contributed by atoms with E-state index >= 15 is 0 Å². The van der Waals surface area contributed by atoms with Gasteiger partial charge in [-0.3, -0.25) is 5.01 Å². The van der Waals surface area contributed by atoms with Gasteiger partial charge >= 0.3 is 0 Å². The smallest absolute Gasteiger partial charge is 0.0561 e. The molecular formula is C8H10N2S. The molecule has 0 fully saturated rings. The molecule has 1 heterocycles. The van der Waals surface area contributed by atoms with Gasteiger partial charge in [-0.1, -0.05) is 31.0 Å². The molecule has 1 aliphatic rings. The Morgan fingerprint density at radius 1 is 1.36 bits per heavy atom. The van der Waals surface area contributed by atoms with Gasteiger partial charge in [0.1, 0.15) is 0 Å². The van der Waals surface area contributed by atoms with Gasteiger partial charge in [0.2, 0.25) is 0 Å². The number of thiol groups is 1. The van der Waals surface area contributed by atoms with E-state index in [0.717, 1.165) is 13.0 Å². The highest BCUT2D eigenvalue weighted by Gasteiger charge is 2.16. The van der Waals surface area contributed by atoms with Crippen LogP contribution in [0.1, 0.15) is 5.56 Å². The summed E-state index contributed by atoms with van der Waals surface area (Å²) < 4.78 is 0. The number of para-hydroxylation sites is 1. The van der Waals surface area contributed by atoms with Crippen LogP contribution in [0.15, 0.2) is 24.3 Å². The topological polar surface area (TPSA) is 15.3 Å². The first-order valence-electron chi connectivity index (χ1n) is 3.67. The molecular weight excluding hydrogens is 156 g/mol. The van der Waals surface area contributed by atoms with Crippen LogP contribution >= 0.6 is 12.8 Å². The molecule has 0 atom stereocenters. The van der Waals surface area contributed by atoms with Crippen molar-refractivity contribution in [3.63, 3.8) is 0 Å². The maximum absolute atomic E-state index is 4.02. The molecule has 58 valence electrons. The minimum Gasteiger partial charge on any atom is -0.298 e. The Kier molecular flexibility index (Phi) is 1.75. The summed E-state index contributed by atoms with van der Waals surface area (Å²) >= 11 is 4.02.